The lowest BCUT2D eigenvalue weighted by atomic mass is 10.1. The first kappa shape index (κ1) is 24.1. The molecule has 33 heavy (non-hydrogen) atoms. The number of aryl methyl sites for hydroxylation is 2. The molecule has 0 spiro atoms. The van der Waals surface area contributed by atoms with Crippen molar-refractivity contribution < 1.29 is 23.5 Å². The van der Waals surface area contributed by atoms with Crippen LogP contribution in [-0.4, -0.2) is 54.4 Å². The smallest absolute Gasteiger partial charge is 0.290 e. The van der Waals surface area contributed by atoms with Gasteiger partial charge in [-0.25, -0.2) is 4.98 Å². The van der Waals surface area contributed by atoms with Crippen LogP contribution in [0.3, 0.4) is 0 Å². The van der Waals surface area contributed by atoms with E-state index < -0.39 is 11.8 Å². The number of hydrogen-bond donors (Lipinski definition) is 2. The van der Waals surface area contributed by atoms with E-state index in [4.69, 9.17) is 9.15 Å². The first-order chi connectivity index (χ1) is 15.9. The van der Waals surface area contributed by atoms with Crippen LogP contribution in [-0.2, 0) is 20.7 Å². The zero-order valence-electron chi connectivity index (χ0n) is 18.7. The van der Waals surface area contributed by atoms with E-state index in [-0.39, 0.29) is 37.8 Å². The second-order valence-corrected chi connectivity index (χ2v) is 8.27. The number of hydrogen-bond acceptors (Lipinski definition) is 7. The van der Waals surface area contributed by atoms with Gasteiger partial charge in [-0.05, 0) is 49.2 Å². The Morgan fingerprint density at radius 1 is 1.12 bits per heavy atom. The Morgan fingerprint density at radius 3 is 2.64 bits per heavy atom. The first-order valence-corrected chi connectivity index (χ1v) is 11.2. The third-order valence-corrected chi connectivity index (χ3v) is 5.66. The van der Waals surface area contributed by atoms with Crippen molar-refractivity contribution in [3.8, 4) is 0 Å². The molecule has 0 bridgehead atoms. The van der Waals surface area contributed by atoms with E-state index in [9.17, 15) is 14.4 Å². The van der Waals surface area contributed by atoms with Crippen molar-refractivity contribution in [2.45, 2.75) is 20.3 Å². The second kappa shape index (κ2) is 11.4. The summed E-state index contributed by atoms with van der Waals surface area (Å²) >= 11 is 1.21. The topological polar surface area (TPSA) is 114 Å². The number of nitrogens with one attached hydrogen (secondary N) is 2. The highest BCUT2D eigenvalue weighted by molar-refractivity contribution is 7.13. The van der Waals surface area contributed by atoms with Crippen molar-refractivity contribution in [3.05, 3.63) is 64.6 Å². The van der Waals surface area contributed by atoms with Gasteiger partial charge in [0.05, 0.1) is 25.0 Å². The summed E-state index contributed by atoms with van der Waals surface area (Å²) in [5.41, 5.74) is 3.51. The summed E-state index contributed by atoms with van der Waals surface area (Å²) < 4.78 is 10.2. The SMILES string of the molecule is COCCN(CC(=O)Nc1nc(CC(=O)Nc2ccc(C)c(C)c2)cs1)C(=O)c1ccco1. The predicted octanol–water partition coefficient (Wildman–Crippen LogP) is 3.26. The van der Waals surface area contributed by atoms with Crippen LogP contribution in [0.5, 0.6) is 0 Å². The van der Waals surface area contributed by atoms with E-state index >= 15 is 0 Å². The Labute approximate surface area is 195 Å². The average Bonchev–Trinajstić information content (AvgIpc) is 3.45. The fraction of sp³-hybridized carbons (Fsp3) is 0.304. The van der Waals surface area contributed by atoms with Gasteiger partial charge in [-0.2, -0.15) is 0 Å². The highest BCUT2D eigenvalue weighted by Gasteiger charge is 2.21. The van der Waals surface area contributed by atoms with Crippen LogP contribution >= 0.6 is 11.3 Å². The van der Waals surface area contributed by atoms with Gasteiger partial charge in [-0.3, -0.25) is 14.4 Å². The molecule has 0 fully saturated rings. The van der Waals surface area contributed by atoms with Crippen LogP contribution in [0.25, 0.3) is 0 Å². The quantitative estimate of drug-likeness (QED) is 0.470. The molecular formula is C23H26N4O5S. The van der Waals surface area contributed by atoms with E-state index in [2.05, 4.69) is 15.6 Å². The molecule has 2 aromatic heterocycles. The molecule has 1 aromatic carbocycles. The third kappa shape index (κ3) is 6.99. The minimum absolute atomic E-state index is 0.0796. The Balaban J connectivity index is 1.54. The lowest BCUT2D eigenvalue weighted by molar-refractivity contribution is -0.117. The van der Waals surface area contributed by atoms with Crippen molar-refractivity contribution in [2.24, 2.45) is 0 Å². The lowest BCUT2D eigenvalue weighted by Crippen LogP contribution is -2.39. The molecule has 0 saturated carbocycles. The number of furan rings is 1. The van der Waals surface area contributed by atoms with Crippen LogP contribution < -0.4 is 10.6 Å². The number of anilines is 2. The maximum Gasteiger partial charge on any atom is 0.290 e. The largest absolute Gasteiger partial charge is 0.459 e. The molecular weight excluding hydrogens is 444 g/mol. The van der Waals surface area contributed by atoms with Crippen molar-refractivity contribution in [3.63, 3.8) is 0 Å². The summed E-state index contributed by atoms with van der Waals surface area (Å²) in [5.74, 6) is -0.872. The van der Waals surface area contributed by atoms with Crippen molar-refractivity contribution >= 4 is 39.9 Å². The number of rotatable bonds is 10. The van der Waals surface area contributed by atoms with Gasteiger partial charge in [0.1, 0.15) is 6.54 Å². The van der Waals surface area contributed by atoms with Gasteiger partial charge >= 0.3 is 0 Å². The van der Waals surface area contributed by atoms with Crippen LogP contribution in [0.15, 0.2) is 46.4 Å². The first-order valence-electron chi connectivity index (χ1n) is 10.3. The molecule has 3 amide bonds. The zero-order valence-corrected chi connectivity index (χ0v) is 19.5. The minimum Gasteiger partial charge on any atom is -0.459 e. The van der Waals surface area contributed by atoms with Gasteiger partial charge in [0.15, 0.2) is 10.9 Å². The number of amides is 3. The number of benzene rings is 1. The molecule has 2 heterocycles. The molecule has 0 radical (unpaired) electrons. The van der Waals surface area contributed by atoms with E-state index in [1.807, 2.05) is 32.0 Å². The summed E-state index contributed by atoms with van der Waals surface area (Å²) in [4.78, 5) is 43.0. The highest BCUT2D eigenvalue weighted by atomic mass is 32.1. The molecule has 9 nitrogen and oxygen atoms in total. The Bertz CT molecular complexity index is 1110. The van der Waals surface area contributed by atoms with Gasteiger partial charge in [-0.1, -0.05) is 6.07 Å². The summed E-state index contributed by atoms with van der Waals surface area (Å²) in [5, 5.41) is 7.60. The molecule has 0 atom stereocenters. The van der Waals surface area contributed by atoms with Crippen molar-refractivity contribution in [1.29, 1.82) is 0 Å². The summed E-state index contributed by atoms with van der Waals surface area (Å²) in [7, 11) is 1.52. The molecule has 2 N–H and O–H groups in total. The molecule has 174 valence electrons. The number of ether oxygens (including phenoxy) is 1. The number of methoxy groups -OCH3 is 1. The van der Waals surface area contributed by atoms with Gasteiger partial charge < -0.3 is 24.7 Å². The fourth-order valence-corrected chi connectivity index (χ4v) is 3.70. The number of aromatic nitrogens is 1. The second-order valence-electron chi connectivity index (χ2n) is 7.41. The van der Waals surface area contributed by atoms with Crippen LogP contribution in [0.1, 0.15) is 27.4 Å². The molecule has 0 aliphatic carbocycles. The molecule has 0 saturated heterocycles. The summed E-state index contributed by atoms with van der Waals surface area (Å²) in [6.45, 7) is 4.31. The zero-order chi connectivity index (χ0) is 23.8. The van der Waals surface area contributed by atoms with Gasteiger partial charge in [0, 0.05) is 24.7 Å². The Kier molecular flexibility index (Phi) is 8.34. The van der Waals surface area contributed by atoms with Gasteiger partial charge in [0.25, 0.3) is 5.91 Å². The molecule has 0 unspecified atom stereocenters. The average molecular weight is 471 g/mol. The van der Waals surface area contributed by atoms with E-state index in [0.717, 1.165) is 16.8 Å². The lowest BCUT2D eigenvalue weighted by Gasteiger charge is -2.20. The van der Waals surface area contributed by atoms with Crippen LogP contribution in [0.2, 0.25) is 0 Å². The van der Waals surface area contributed by atoms with Gasteiger partial charge in [-0.15, -0.1) is 11.3 Å². The van der Waals surface area contributed by atoms with Gasteiger partial charge in [0.2, 0.25) is 11.8 Å². The molecule has 10 heteroatoms. The van der Waals surface area contributed by atoms with Crippen molar-refractivity contribution in [2.75, 3.05) is 37.4 Å². The highest BCUT2D eigenvalue weighted by Crippen LogP contribution is 2.18. The predicted molar refractivity (Wildman–Crippen MR) is 125 cm³/mol. The van der Waals surface area contributed by atoms with E-state index in [1.165, 1.54) is 35.7 Å². The molecule has 0 aliphatic rings. The summed E-state index contributed by atoms with van der Waals surface area (Å²) in [6.07, 6.45) is 1.48. The van der Waals surface area contributed by atoms with Crippen LogP contribution in [0.4, 0.5) is 10.8 Å². The van der Waals surface area contributed by atoms with E-state index in [0.29, 0.717) is 10.8 Å². The monoisotopic (exact) mass is 470 g/mol. The molecule has 3 rings (SSSR count). The Morgan fingerprint density at radius 2 is 1.94 bits per heavy atom. The van der Waals surface area contributed by atoms with Crippen molar-refractivity contribution in [1.82, 2.24) is 9.88 Å². The maximum atomic E-state index is 12.6. The standard InChI is InChI=1S/C23H26N4O5S/c1-15-6-7-17(11-16(15)2)24-20(28)12-18-14-33-23(25-18)26-21(29)13-27(8-10-31-3)22(30)19-5-4-9-32-19/h4-7,9,11,14H,8,10,12-13H2,1-3H3,(H,24,28)(H,25,26,29). The fourth-order valence-electron chi connectivity index (χ4n) is 2.98. The molecule has 3 aromatic rings. The maximum absolute atomic E-state index is 12.6. The summed E-state index contributed by atoms with van der Waals surface area (Å²) in [6, 6.07) is 8.87. The number of nitrogens with zero attached hydrogens (tertiary/aromatic N) is 2. The number of thiazole rings is 1. The minimum atomic E-state index is -0.411. The van der Waals surface area contributed by atoms with Crippen LogP contribution in [0, 0.1) is 13.8 Å². The number of carbonyl (C=O) groups excluding carboxylic acids is 3. The third-order valence-electron chi connectivity index (χ3n) is 4.85. The number of carbonyl (C=O) groups is 3. The Hall–Kier alpha value is -3.50. The normalized spacial score (nSPS) is 10.6. The molecule has 0 aliphatic heterocycles. The van der Waals surface area contributed by atoms with E-state index in [1.54, 1.807) is 11.4 Å².